The minimum Gasteiger partial charge on any atom is -0.314 e. The SMILES string of the molecule is FC1(F)CCCC1CN1CCNCC1. The Morgan fingerprint density at radius 2 is 2.00 bits per heavy atom. The fraction of sp³-hybridized carbons (Fsp3) is 1.00. The Balaban J connectivity index is 1.83. The average Bonchev–Trinajstić information content (AvgIpc) is 2.48. The quantitative estimate of drug-likeness (QED) is 0.730. The molecule has 14 heavy (non-hydrogen) atoms. The summed E-state index contributed by atoms with van der Waals surface area (Å²) in [5.41, 5.74) is 0. The third-order valence-corrected chi connectivity index (χ3v) is 3.35. The Bertz CT molecular complexity index is 191. The van der Waals surface area contributed by atoms with Crippen molar-refractivity contribution in [3.8, 4) is 0 Å². The van der Waals surface area contributed by atoms with Crippen LogP contribution in [0.15, 0.2) is 0 Å². The summed E-state index contributed by atoms with van der Waals surface area (Å²) in [6.07, 6.45) is 1.50. The van der Waals surface area contributed by atoms with Crippen LogP contribution in [-0.4, -0.2) is 43.5 Å². The lowest BCUT2D eigenvalue weighted by molar-refractivity contribution is -0.0481. The predicted molar refractivity (Wildman–Crippen MR) is 51.6 cm³/mol. The molecule has 1 atom stereocenters. The summed E-state index contributed by atoms with van der Waals surface area (Å²) in [5, 5.41) is 3.23. The van der Waals surface area contributed by atoms with E-state index in [9.17, 15) is 8.78 Å². The second-order valence-electron chi connectivity index (χ2n) is 4.40. The van der Waals surface area contributed by atoms with E-state index in [-0.39, 0.29) is 12.3 Å². The van der Waals surface area contributed by atoms with Crippen molar-refractivity contribution in [3.05, 3.63) is 0 Å². The van der Waals surface area contributed by atoms with Crippen molar-refractivity contribution in [1.82, 2.24) is 10.2 Å². The van der Waals surface area contributed by atoms with Crippen molar-refractivity contribution in [2.24, 2.45) is 5.92 Å². The predicted octanol–water partition coefficient (Wildman–Crippen LogP) is 1.33. The summed E-state index contributed by atoms with van der Waals surface area (Å²) in [5.74, 6) is -2.79. The summed E-state index contributed by atoms with van der Waals surface area (Å²) in [7, 11) is 0. The van der Waals surface area contributed by atoms with E-state index in [4.69, 9.17) is 0 Å². The molecule has 0 aromatic heterocycles. The van der Waals surface area contributed by atoms with Crippen LogP contribution in [0.4, 0.5) is 8.78 Å². The molecule has 4 heteroatoms. The zero-order valence-electron chi connectivity index (χ0n) is 8.44. The van der Waals surface area contributed by atoms with Gasteiger partial charge in [-0.05, 0) is 12.8 Å². The monoisotopic (exact) mass is 204 g/mol. The van der Waals surface area contributed by atoms with E-state index in [0.717, 1.165) is 26.2 Å². The second-order valence-corrected chi connectivity index (χ2v) is 4.40. The minimum atomic E-state index is -2.40. The fourth-order valence-electron chi connectivity index (χ4n) is 2.43. The first kappa shape index (κ1) is 10.3. The van der Waals surface area contributed by atoms with Gasteiger partial charge in [-0.1, -0.05) is 0 Å². The van der Waals surface area contributed by atoms with Gasteiger partial charge in [-0.15, -0.1) is 0 Å². The topological polar surface area (TPSA) is 15.3 Å². The first-order chi connectivity index (χ1) is 6.68. The van der Waals surface area contributed by atoms with E-state index in [2.05, 4.69) is 10.2 Å². The molecule has 0 radical (unpaired) electrons. The first-order valence-electron chi connectivity index (χ1n) is 5.49. The zero-order chi connectivity index (χ0) is 10.0. The summed E-state index contributed by atoms with van der Waals surface area (Å²) in [4.78, 5) is 2.17. The molecule has 1 N–H and O–H groups in total. The van der Waals surface area contributed by atoms with Gasteiger partial charge in [0.2, 0.25) is 0 Å². The highest BCUT2D eigenvalue weighted by Crippen LogP contribution is 2.40. The molecular weight excluding hydrogens is 186 g/mol. The Kier molecular flexibility index (Phi) is 3.02. The molecule has 0 aromatic carbocycles. The summed E-state index contributed by atoms with van der Waals surface area (Å²) in [6, 6.07) is 0. The molecule has 1 aliphatic heterocycles. The van der Waals surface area contributed by atoms with Gasteiger partial charge in [-0.25, -0.2) is 8.78 Å². The van der Waals surface area contributed by atoms with E-state index in [0.29, 0.717) is 19.4 Å². The molecule has 2 aliphatic rings. The minimum absolute atomic E-state index is 0.101. The van der Waals surface area contributed by atoms with Crippen LogP contribution in [0.5, 0.6) is 0 Å². The molecule has 0 spiro atoms. The van der Waals surface area contributed by atoms with E-state index in [1.807, 2.05) is 0 Å². The van der Waals surface area contributed by atoms with Crippen LogP contribution in [0.1, 0.15) is 19.3 Å². The average molecular weight is 204 g/mol. The van der Waals surface area contributed by atoms with Crippen molar-refractivity contribution >= 4 is 0 Å². The standard InChI is InChI=1S/C10H18F2N2/c11-10(12)3-1-2-9(10)8-14-6-4-13-5-7-14/h9,13H,1-8H2. The summed E-state index contributed by atoms with van der Waals surface area (Å²) < 4.78 is 26.6. The molecule has 2 rings (SSSR count). The van der Waals surface area contributed by atoms with Crippen LogP contribution in [0.3, 0.4) is 0 Å². The molecule has 0 bridgehead atoms. The molecule has 1 aliphatic carbocycles. The highest BCUT2D eigenvalue weighted by Gasteiger charge is 2.44. The Morgan fingerprint density at radius 1 is 1.29 bits per heavy atom. The lowest BCUT2D eigenvalue weighted by atomic mass is 10.0. The molecule has 82 valence electrons. The van der Waals surface area contributed by atoms with Gasteiger partial charge in [-0.2, -0.15) is 0 Å². The smallest absolute Gasteiger partial charge is 0.252 e. The van der Waals surface area contributed by atoms with Crippen LogP contribution < -0.4 is 5.32 Å². The zero-order valence-corrected chi connectivity index (χ0v) is 8.44. The normalized spacial score (nSPS) is 33.4. The van der Waals surface area contributed by atoms with Gasteiger partial charge in [0, 0.05) is 45.1 Å². The van der Waals surface area contributed by atoms with Crippen LogP contribution >= 0.6 is 0 Å². The van der Waals surface area contributed by atoms with Crippen LogP contribution in [0.25, 0.3) is 0 Å². The number of piperazine rings is 1. The van der Waals surface area contributed by atoms with E-state index >= 15 is 0 Å². The number of halogens is 2. The van der Waals surface area contributed by atoms with Crippen molar-refractivity contribution in [1.29, 1.82) is 0 Å². The van der Waals surface area contributed by atoms with Gasteiger partial charge in [0.15, 0.2) is 0 Å². The molecule has 1 saturated heterocycles. The Hall–Kier alpha value is -0.220. The molecule has 0 amide bonds. The van der Waals surface area contributed by atoms with Crippen molar-refractivity contribution in [2.75, 3.05) is 32.7 Å². The lowest BCUT2D eigenvalue weighted by Crippen LogP contribution is -2.46. The first-order valence-corrected chi connectivity index (χ1v) is 5.49. The molecule has 1 saturated carbocycles. The number of nitrogens with zero attached hydrogens (tertiary/aromatic N) is 1. The number of nitrogens with one attached hydrogen (secondary N) is 1. The number of hydrogen-bond acceptors (Lipinski definition) is 2. The van der Waals surface area contributed by atoms with Gasteiger partial charge < -0.3 is 10.2 Å². The third-order valence-electron chi connectivity index (χ3n) is 3.35. The lowest BCUT2D eigenvalue weighted by Gasteiger charge is -2.31. The molecule has 0 aromatic rings. The van der Waals surface area contributed by atoms with E-state index in [1.54, 1.807) is 0 Å². The van der Waals surface area contributed by atoms with Gasteiger partial charge in [0.05, 0.1) is 0 Å². The fourth-order valence-corrected chi connectivity index (χ4v) is 2.43. The van der Waals surface area contributed by atoms with Crippen LogP contribution in [-0.2, 0) is 0 Å². The Labute approximate surface area is 83.7 Å². The van der Waals surface area contributed by atoms with E-state index in [1.165, 1.54) is 0 Å². The molecule has 1 unspecified atom stereocenters. The summed E-state index contributed by atoms with van der Waals surface area (Å²) in [6.45, 7) is 4.32. The maximum Gasteiger partial charge on any atom is 0.252 e. The summed E-state index contributed by atoms with van der Waals surface area (Å²) >= 11 is 0. The molecule has 2 fully saturated rings. The number of rotatable bonds is 2. The molecule has 1 heterocycles. The van der Waals surface area contributed by atoms with E-state index < -0.39 is 5.92 Å². The highest BCUT2D eigenvalue weighted by atomic mass is 19.3. The highest BCUT2D eigenvalue weighted by molar-refractivity contribution is 4.86. The van der Waals surface area contributed by atoms with Crippen molar-refractivity contribution in [3.63, 3.8) is 0 Å². The van der Waals surface area contributed by atoms with Crippen LogP contribution in [0, 0.1) is 5.92 Å². The Morgan fingerprint density at radius 3 is 2.57 bits per heavy atom. The van der Waals surface area contributed by atoms with Gasteiger partial charge >= 0.3 is 0 Å². The van der Waals surface area contributed by atoms with Gasteiger partial charge in [0.1, 0.15) is 0 Å². The van der Waals surface area contributed by atoms with Gasteiger partial charge in [-0.3, -0.25) is 0 Å². The van der Waals surface area contributed by atoms with Gasteiger partial charge in [0.25, 0.3) is 5.92 Å². The molecule has 2 nitrogen and oxygen atoms in total. The second kappa shape index (κ2) is 4.11. The maximum absolute atomic E-state index is 13.3. The number of hydrogen-bond donors (Lipinski definition) is 1. The number of alkyl halides is 2. The maximum atomic E-state index is 13.3. The third kappa shape index (κ3) is 2.23. The van der Waals surface area contributed by atoms with Crippen LogP contribution in [0.2, 0.25) is 0 Å². The van der Waals surface area contributed by atoms with Crippen molar-refractivity contribution in [2.45, 2.75) is 25.2 Å². The largest absolute Gasteiger partial charge is 0.314 e. The molecular formula is C10H18F2N2. The van der Waals surface area contributed by atoms with Crippen molar-refractivity contribution < 1.29 is 8.78 Å².